The summed E-state index contributed by atoms with van der Waals surface area (Å²) in [6, 6.07) is 8.60. The van der Waals surface area contributed by atoms with Gasteiger partial charge in [-0.05, 0) is 48.9 Å². The highest BCUT2D eigenvalue weighted by atomic mass is 19.1. The second-order valence-corrected chi connectivity index (χ2v) is 6.26. The zero-order valence-electron chi connectivity index (χ0n) is 13.7. The van der Waals surface area contributed by atoms with Gasteiger partial charge in [-0.2, -0.15) is 5.10 Å². The van der Waals surface area contributed by atoms with Gasteiger partial charge in [-0.15, -0.1) is 0 Å². The fraction of sp³-hybridized carbons (Fsp3) is 0.444. The Bertz CT molecular complexity index is 634. The molecule has 1 aromatic heterocycles. The van der Waals surface area contributed by atoms with Crippen molar-refractivity contribution in [2.45, 2.75) is 25.8 Å². The number of halogens is 1. The number of nitrogens with one attached hydrogen (secondary N) is 1. The van der Waals surface area contributed by atoms with Crippen molar-refractivity contribution in [3.63, 3.8) is 0 Å². The van der Waals surface area contributed by atoms with Crippen LogP contribution >= 0.6 is 0 Å². The molecule has 2 aromatic rings. The Hall–Kier alpha value is -2.37. The number of rotatable bonds is 5. The molecule has 0 atom stereocenters. The molecular weight excluding hydrogens is 307 g/mol. The molecule has 1 aromatic carbocycles. The van der Waals surface area contributed by atoms with E-state index in [1.165, 1.54) is 17.7 Å². The van der Waals surface area contributed by atoms with Gasteiger partial charge in [-0.25, -0.2) is 9.18 Å². The van der Waals surface area contributed by atoms with Gasteiger partial charge in [0.15, 0.2) is 0 Å². The molecule has 6 heteroatoms. The smallest absolute Gasteiger partial charge is 0.317 e. The summed E-state index contributed by atoms with van der Waals surface area (Å²) < 4.78 is 14.7. The molecule has 0 radical (unpaired) electrons. The van der Waals surface area contributed by atoms with Gasteiger partial charge in [-0.1, -0.05) is 12.1 Å². The zero-order valence-corrected chi connectivity index (χ0v) is 13.7. The van der Waals surface area contributed by atoms with E-state index in [2.05, 4.69) is 10.4 Å². The highest BCUT2D eigenvalue weighted by Crippen LogP contribution is 2.21. The summed E-state index contributed by atoms with van der Waals surface area (Å²) in [7, 11) is 0. The number of likely N-dealkylation sites (tertiary alicyclic amines) is 1. The van der Waals surface area contributed by atoms with Crippen molar-refractivity contribution in [2.75, 3.05) is 19.6 Å². The first-order valence-corrected chi connectivity index (χ1v) is 8.45. The van der Waals surface area contributed by atoms with E-state index in [9.17, 15) is 9.18 Å². The van der Waals surface area contributed by atoms with Crippen molar-refractivity contribution in [2.24, 2.45) is 5.92 Å². The summed E-state index contributed by atoms with van der Waals surface area (Å²) >= 11 is 0. The average molecular weight is 330 g/mol. The summed E-state index contributed by atoms with van der Waals surface area (Å²) in [5.41, 5.74) is 1.17. The topological polar surface area (TPSA) is 50.2 Å². The normalized spacial score (nSPS) is 15.5. The van der Waals surface area contributed by atoms with Gasteiger partial charge in [0, 0.05) is 32.0 Å². The number of urea groups is 1. The Balaban J connectivity index is 1.38. The second-order valence-electron chi connectivity index (χ2n) is 6.26. The van der Waals surface area contributed by atoms with E-state index in [-0.39, 0.29) is 11.8 Å². The first-order chi connectivity index (χ1) is 11.7. The van der Waals surface area contributed by atoms with Crippen molar-refractivity contribution in [1.82, 2.24) is 20.0 Å². The maximum atomic E-state index is 12.9. The first-order valence-electron chi connectivity index (χ1n) is 8.45. The summed E-state index contributed by atoms with van der Waals surface area (Å²) in [5.74, 6) is 0.365. The number of piperidine rings is 1. The number of hydrogen-bond acceptors (Lipinski definition) is 2. The molecule has 0 saturated carbocycles. The second kappa shape index (κ2) is 7.95. The number of benzene rings is 1. The molecule has 0 unspecified atom stereocenters. The fourth-order valence-corrected chi connectivity index (χ4v) is 3.12. The maximum Gasteiger partial charge on any atom is 0.317 e. The summed E-state index contributed by atoms with van der Waals surface area (Å²) in [5, 5.41) is 7.06. The van der Waals surface area contributed by atoms with Crippen molar-refractivity contribution in [3.05, 3.63) is 54.1 Å². The van der Waals surface area contributed by atoms with E-state index in [1.807, 2.05) is 29.3 Å². The van der Waals surface area contributed by atoms with Crippen LogP contribution in [0.25, 0.3) is 0 Å². The van der Waals surface area contributed by atoms with Crippen molar-refractivity contribution < 1.29 is 9.18 Å². The number of carbonyl (C=O) groups is 1. The minimum absolute atomic E-state index is 0.00221. The SMILES string of the molecule is O=C(NCCn1cccn1)N1CCC(Cc2ccc(F)cc2)CC1. The van der Waals surface area contributed by atoms with Crippen LogP contribution in [-0.2, 0) is 13.0 Å². The summed E-state index contributed by atoms with van der Waals surface area (Å²) in [6.07, 6.45) is 6.55. The minimum Gasteiger partial charge on any atom is -0.336 e. The van der Waals surface area contributed by atoms with Gasteiger partial charge < -0.3 is 10.2 Å². The molecule has 0 spiro atoms. The van der Waals surface area contributed by atoms with E-state index in [0.717, 1.165) is 32.4 Å². The predicted octanol–water partition coefficient (Wildman–Crippen LogP) is 2.69. The van der Waals surface area contributed by atoms with Crippen molar-refractivity contribution in [1.29, 1.82) is 0 Å². The largest absolute Gasteiger partial charge is 0.336 e. The Kier molecular flexibility index (Phi) is 5.46. The molecule has 0 bridgehead atoms. The molecule has 1 aliphatic rings. The van der Waals surface area contributed by atoms with E-state index in [0.29, 0.717) is 19.0 Å². The highest BCUT2D eigenvalue weighted by molar-refractivity contribution is 5.74. The van der Waals surface area contributed by atoms with E-state index < -0.39 is 0 Å². The van der Waals surface area contributed by atoms with Gasteiger partial charge in [0.1, 0.15) is 5.82 Å². The molecule has 1 aliphatic heterocycles. The van der Waals surface area contributed by atoms with E-state index >= 15 is 0 Å². The molecule has 5 nitrogen and oxygen atoms in total. The summed E-state index contributed by atoms with van der Waals surface area (Å²) in [4.78, 5) is 14.1. The van der Waals surface area contributed by atoms with Crippen LogP contribution < -0.4 is 5.32 Å². The maximum absolute atomic E-state index is 12.9. The van der Waals surface area contributed by atoms with Crippen LogP contribution in [0.1, 0.15) is 18.4 Å². The van der Waals surface area contributed by atoms with Crippen LogP contribution in [0.3, 0.4) is 0 Å². The number of carbonyl (C=O) groups excluding carboxylic acids is 1. The minimum atomic E-state index is -0.194. The highest BCUT2D eigenvalue weighted by Gasteiger charge is 2.22. The Morgan fingerprint density at radius 3 is 2.67 bits per heavy atom. The van der Waals surface area contributed by atoms with Crippen LogP contribution in [0.4, 0.5) is 9.18 Å². The predicted molar refractivity (Wildman–Crippen MR) is 90.0 cm³/mol. The van der Waals surface area contributed by atoms with Crippen LogP contribution in [-0.4, -0.2) is 40.3 Å². The Labute approximate surface area is 141 Å². The molecule has 3 rings (SSSR count). The lowest BCUT2D eigenvalue weighted by Crippen LogP contribution is -2.45. The van der Waals surface area contributed by atoms with Crippen LogP contribution in [0, 0.1) is 11.7 Å². The number of aromatic nitrogens is 2. The first kappa shape index (κ1) is 16.5. The summed E-state index contributed by atoms with van der Waals surface area (Å²) in [6.45, 7) is 2.81. The van der Waals surface area contributed by atoms with Gasteiger partial charge in [0.2, 0.25) is 0 Å². The van der Waals surface area contributed by atoms with Gasteiger partial charge in [-0.3, -0.25) is 4.68 Å². The molecule has 128 valence electrons. The average Bonchev–Trinajstić information content (AvgIpc) is 3.11. The third kappa shape index (κ3) is 4.57. The lowest BCUT2D eigenvalue weighted by molar-refractivity contribution is 0.170. The quantitative estimate of drug-likeness (QED) is 0.916. The number of amides is 2. The third-order valence-corrected chi connectivity index (χ3v) is 4.52. The number of hydrogen-bond donors (Lipinski definition) is 1. The molecule has 24 heavy (non-hydrogen) atoms. The monoisotopic (exact) mass is 330 g/mol. The molecule has 2 heterocycles. The van der Waals surface area contributed by atoms with Crippen LogP contribution in [0.5, 0.6) is 0 Å². The Morgan fingerprint density at radius 2 is 2.00 bits per heavy atom. The van der Waals surface area contributed by atoms with Gasteiger partial charge in [0.25, 0.3) is 0 Å². The lowest BCUT2D eigenvalue weighted by Gasteiger charge is -2.32. The van der Waals surface area contributed by atoms with Gasteiger partial charge >= 0.3 is 6.03 Å². The molecule has 1 saturated heterocycles. The van der Waals surface area contributed by atoms with Crippen LogP contribution in [0.2, 0.25) is 0 Å². The molecular formula is C18H23FN4O. The van der Waals surface area contributed by atoms with Crippen LogP contribution in [0.15, 0.2) is 42.7 Å². The van der Waals surface area contributed by atoms with Gasteiger partial charge in [0.05, 0.1) is 6.54 Å². The number of nitrogens with zero attached hydrogens (tertiary/aromatic N) is 3. The fourth-order valence-electron chi connectivity index (χ4n) is 3.12. The standard InChI is InChI=1S/C18H23FN4O/c19-17-4-2-15(3-5-17)14-16-6-11-22(12-7-16)18(24)20-9-13-23-10-1-8-21-23/h1-5,8,10,16H,6-7,9,11-14H2,(H,20,24). The van der Waals surface area contributed by atoms with Crippen molar-refractivity contribution >= 4 is 6.03 Å². The molecule has 0 aliphatic carbocycles. The zero-order chi connectivity index (χ0) is 16.8. The lowest BCUT2D eigenvalue weighted by atomic mass is 9.90. The van der Waals surface area contributed by atoms with E-state index in [4.69, 9.17) is 0 Å². The molecule has 1 fully saturated rings. The van der Waals surface area contributed by atoms with Crippen molar-refractivity contribution in [3.8, 4) is 0 Å². The molecule has 1 N–H and O–H groups in total. The molecule has 2 amide bonds. The van der Waals surface area contributed by atoms with E-state index in [1.54, 1.807) is 10.9 Å². The third-order valence-electron chi connectivity index (χ3n) is 4.52. The Morgan fingerprint density at radius 1 is 1.25 bits per heavy atom.